The lowest BCUT2D eigenvalue weighted by Crippen LogP contribution is -2.55. The highest BCUT2D eigenvalue weighted by Gasteiger charge is 2.75. The Bertz CT molecular complexity index is 262. The zero-order valence-electron chi connectivity index (χ0n) is 7.57. The third-order valence-electron chi connectivity index (χ3n) is 2.26. The van der Waals surface area contributed by atoms with E-state index in [9.17, 15) is 30.7 Å². The first kappa shape index (κ1) is 13.5. The minimum atomic E-state index is -6.34. The summed E-state index contributed by atoms with van der Waals surface area (Å²) >= 11 is 0. The first-order valence-corrected chi connectivity index (χ1v) is 4.12. The molecule has 2 unspecified atom stereocenters. The van der Waals surface area contributed by atoms with E-state index < -0.39 is 43.3 Å². The molecule has 0 saturated carbocycles. The van der Waals surface area contributed by atoms with Crippen LogP contribution in [0.4, 0.5) is 30.7 Å². The van der Waals surface area contributed by atoms with Gasteiger partial charge in [-0.2, -0.15) is 30.7 Å². The van der Waals surface area contributed by atoms with Crippen LogP contribution in [0.15, 0.2) is 0 Å². The third-order valence-corrected chi connectivity index (χ3v) is 2.26. The first-order valence-electron chi connectivity index (χ1n) is 4.12. The average molecular weight is 256 g/mol. The van der Waals surface area contributed by atoms with Gasteiger partial charge < -0.3 is 9.84 Å². The van der Waals surface area contributed by atoms with Crippen molar-refractivity contribution in [2.24, 2.45) is 5.92 Å². The maximum Gasteiger partial charge on any atom is 0.459 e. The van der Waals surface area contributed by atoms with Gasteiger partial charge in [-0.15, -0.1) is 0 Å². The summed E-state index contributed by atoms with van der Waals surface area (Å²) in [6.45, 7) is -1.04. The monoisotopic (exact) mass is 256 g/mol. The van der Waals surface area contributed by atoms with Crippen molar-refractivity contribution < 1.29 is 40.6 Å². The standard InChI is InChI=1S/C7H7F7O2/c8-5(9,3-1-4(15)16-2-3)6(10,11)7(12,13)14/h3-4,15H,1-2H2. The van der Waals surface area contributed by atoms with Crippen LogP contribution in [-0.2, 0) is 4.74 Å². The van der Waals surface area contributed by atoms with Gasteiger partial charge >= 0.3 is 18.0 Å². The Labute approximate surface area is 85.0 Å². The summed E-state index contributed by atoms with van der Waals surface area (Å²) in [6, 6.07) is 0. The summed E-state index contributed by atoms with van der Waals surface area (Å²) in [6.07, 6.45) is -9.04. The number of aliphatic hydroxyl groups excluding tert-OH is 1. The summed E-state index contributed by atoms with van der Waals surface area (Å²) in [5, 5.41) is 8.65. The fourth-order valence-corrected chi connectivity index (χ4v) is 1.30. The molecule has 0 bridgehead atoms. The average Bonchev–Trinajstić information content (AvgIpc) is 2.49. The van der Waals surface area contributed by atoms with Gasteiger partial charge in [0.1, 0.15) is 0 Å². The topological polar surface area (TPSA) is 29.5 Å². The van der Waals surface area contributed by atoms with Crippen LogP contribution in [0.2, 0.25) is 0 Å². The van der Waals surface area contributed by atoms with Gasteiger partial charge in [0.2, 0.25) is 0 Å². The molecule has 1 rings (SSSR count). The lowest BCUT2D eigenvalue weighted by molar-refractivity contribution is -0.365. The molecule has 1 aliphatic rings. The molecule has 1 N–H and O–H groups in total. The third kappa shape index (κ3) is 1.97. The van der Waals surface area contributed by atoms with Crippen molar-refractivity contribution in [2.75, 3.05) is 6.61 Å². The second-order valence-electron chi connectivity index (χ2n) is 3.42. The lowest BCUT2D eigenvalue weighted by Gasteiger charge is -2.31. The van der Waals surface area contributed by atoms with Gasteiger partial charge in [0, 0.05) is 6.42 Å². The Balaban J connectivity index is 2.92. The van der Waals surface area contributed by atoms with Gasteiger partial charge in [-0.05, 0) is 0 Å². The summed E-state index contributed by atoms with van der Waals surface area (Å²) < 4.78 is 90.2. The highest BCUT2D eigenvalue weighted by Crippen LogP contribution is 2.51. The van der Waals surface area contributed by atoms with Crippen molar-refractivity contribution in [1.29, 1.82) is 0 Å². The zero-order valence-corrected chi connectivity index (χ0v) is 7.57. The maximum atomic E-state index is 12.9. The second-order valence-corrected chi connectivity index (χ2v) is 3.42. The summed E-state index contributed by atoms with van der Waals surface area (Å²) in [5.41, 5.74) is 0. The summed E-state index contributed by atoms with van der Waals surface area (Å²) in [7, 11) is 0. The molecule has 0 aliphatic carbocycles. The summed E-state index contributed by atoms with van der Waals surface area (Å²) in [4.78, 5) is 0. The number of halogens is 7. The van der Waals surface area contributed by atoms with Gasteiger partial charge in [0.05, 0.1) is 12.5 Å². The molecule has 1 saturated heterocycles. The Morgan fingerprint density at radius 3 is 1.81 bits per heavy atom. The molecule has 96 valence electrons. The van der Waals surface area contributed by atoms with Crippen LogP contribution in [0.5, 0.6) is 0 Å². The van der Waals surface area contributed by atoms with Gasteiger partial charge in [0.25, 0.3) is 0 Å². The normalized spacial score (nSPS) is 28.5. The molecule has 1 fully saturated rings. The Morgan fingerprint density at radius 2 is 1.50 bits per heavy atom. The molecular weight excluding hydrogens is 249 g/mol. The Kier molecular flexibility index (Phi) is 3.14. The van der Waals surface area contributed by atoms with E-state index in [2.05, 4.69) is 4.74 Å². The van der Waals surface area contributed by atoms with Crippen LogP contribution in [0.3, 0.4) is 0 Å². The van der Waals surface area contributed by atoms with E-state index in [1.54, 1.807) is 0 Å². The smallest absolute Gasteiger partial charge is 0.368 e. The van der Waals surface area contributed by atoms with E-state index in [1.165, 1.54) is 0 Å². The van der Waals surface area contributed by atoms with Gasteiger partial charge in [-0.1, -0.05) is 0 Å². The van der Waals surface area contributed by atoms with Crippen molar-refractivity contribution in [1.82, 2.24) is 0 Å². The number of aliphatic hydroxyl groups is 1. The highest BCUT2D eigenvalue weighted by atomic mass is 19.4. The predicted molar refractivity (Wildman–Crippen MR) is 36.0 cm³/mol. The molecule has 0 aromatic rings. The van der Waals surface area contributed by atoms with Crippen LogP contribution >= 0.6 is 0 Å². The Morgan fingerprint density at radius 1 is 1.00 bits per heavy atom. The van der Waals surface area contributed by atoms with E-state index in [0.29, 0.717) is 0 Å². The minimum Gasteiger partial charge on any atom is -0.368 e. The minimum absolute atomic E-state index is 0.960. The molecule has 2 atom stereocenters. The van der Waals surface area contributed by atoms with Crippen LogP contribution in [0.25, 0.3) is 0 Å². The van der Waals surface area contributed by atoms with Crippen molar-refractivity contribution >= 4 is 0 Å². The molecule has 16 heavy (non-hydrogen) atoms. The number of alkyl halides is 7. The first-order chi connectivity index (χ1) is 7.00. The molecule has 0 aromatic carbocycles. The molecule has 0 spiro atoms. The number of hydrogen-bond acceptors (Lipinski definition) is 2. The lowest BCUT2D eigenvalue weighted by atomic mass is 9.94. The van der Waals surface area contributed by atoms with Gasteiger partial charge in [-0.3, -0.25) is 0 Å². The molecule has 9 heteroatoms. The summed E-state index contributed by atoms with van der Waals surface area (Å²) in [5.74, 6) is -13.8. The Hall–Kier alpha value is -0.570. The number of hydrogen-bond donors (Lipinski definition) is 1. The fourth-order valence-electron chi connectivity index (χ4n) is 1.30. The number of rotatable bonds is 2. The molecular formula is C7H7F7O2. The fraction of sp³-hybridized carbons (Fsp3) is 1.00. The van der Waals surface area contributed by atoms with E-state index in [0.717, 1.165) is 0 Å². The molecule has 0 radical (unpaired) electrons. The molecule has 2 nitrogen and oxygen atoms in total. The van der Waals surface area contributed by atoms with E-state index in [1.807, 2.05) is 0 Å². The molecule has 0 amide bonds. The zero-order chi connectivity index (χ0) is 12.8. The maximum absolute atomic E-state index is 12.9. The van der Waals surface area contributed by atoms with Crippen molar-refractivity contribution in [2.45, 2.75) is 30.7 Å². The van der Waals surface area contributed by atoms with Crippen molar-refractivity contribution in [3.8, 4) is 0 Å². The highest BCUT2D eigenvalue weighted by molar-refractivity contribution is 4.97. The van der Waals surface area contributed by atoms with E-state index >= 15 is 0 Å². The molecule has 1 aliphatic heterocycles. The second kappa shape index (κ2) is 3.73. The van der Waals surface area contributed by atoms with E-state index in [-0.39, 0.29) is 0 Å². The van der Waals surface area contributed by atoms with Crippen LogP contribution in [0.1, 0.15) is 6.42 Å². The largest absolute Gasteiger partial charge is 0.459 e. The van der Waals surface area contributed by atoms with Gasteiger partial charge in [0.15, 0.2) is 6.29 Å². The predicted octanol–water partition coefficient (Wildman–Crippen LogP) is 2.17. The van der Waals surface area contributed by atoms with E-state index in [4.69, 9.17) is 5.11 Å². The van der Waals surface area contributed by atoms with Crippen LogP contribution in [0, 0.1) is 5.92 Å². The number of ether oxygens (including phenoxy) is 1. The quantitative estimate of drug-likeness (QED) is 0.767. The molecule has 1 heterocycles. The van der Waals surface area contributed by atoms with Gasteiger partial charge in [-0.25, -0.2) is 0 Å². The van der Waals surface area contributed by atoms with Crippen LogP contribution < -0.4 is 0 Å². The SMILES string of the molecule is OC1CC(C(F)(F)C(F)(F)C(F)(F)F)CO1. The molecule has 0 aromatic heterocycles. The van der Waals surface area contributed by atoms with Crippen molar-refractivity contribution in [3.63, 3.8) is 0 Å². The van der Waals surface area contributed by atoms with Crippen LogP contribution in [-0.4, -0.2) is 36.0 Å². The van der Waals surface area contributed by atoms with Crippen molar-refractivity contribution in [3.05, 3.63) is 0 Å².